The Morgan fingerprint density at radius 3 is 2.32 bits per heavy atom. The van der Waals surface area contributed by atoms with Gasteiger partial charge < -0.3 is 19.5 Å². The van der Waals surface area contributed by atoms with E-state index >= 15 is 0 Å². The van der Waals surface area contributed by atoms with Crippen LogP contribution in [0.1, 0.15) is 19.4 Å². The zero-order valence-electron chi connectivity index (χ0n) is 17.5. The molecule has 2 heterocycles. The number of hydrogen-bond acceptors (Lipinski definition) is 6. The minimum absolute atomic E-state index is 0.155. The molecule has 9 heteroatoms. The van der Waals surface area contributed by atoms with E-state index < -0.39 is 10.0 Å². The van der Waals surface area contributed by atoms with Gasteiger partial charge in [0.05, 0.1) is 23.5 Å². The van der Waals surface area contributed by atoms with E-state index in [9.17, 15) is 13.2 Å². The van der Waals surface area contributed by atoms with E-state index in [1.54, 1.807) is 24.3 Å². The van der Waals surface area contributed by atoms with Crippen LogP contribution < -0.4 is 14.8 Å². The highest BCUT2D eigenvalue weighted by Gasteiger charge is 2.32. The maximum atomic E-state index is 12.9. The van der Waals surface area contributed by atoms with Crippen molar-refractivity contribution in [1.82, 2.24) is 4.31 Å². The molecule has 31 heavy (non-hydrogen) atoms. The Labute approximate surface area is 182 Å². The molecule has 0 bridgehead atoms. The molecule has 0 saturated carbocycles. The predicted molar refractivity (Wildman–Crippen MR) is 115 cm³/mol. The summed E-state index contributed by atoms with van der Waals surface area (Å²) in [7, 11) is -3.62. The third kappa shape index (κ3) is 5.00. The lowest BCUT2D eigenvalue weighted by molar-refractivity contribution is -0.115. The molecule has 2 aliphatic heterocycles. The fourth-order valence-electron chi connectivity index (χ4n) is 3.77. The van der Waals surface area contributed by atoms with Crippen molar-refractivity contribution in [3.63, 3.8) is 0 Å². The zero-order chi connectivity index (χ0) is 22.0. The molecule has 2 atom stereocenters. The Morgan fingerprint density at radius 1 is 1.00 bits per heavy atom. The predicted octanol–water partition coefficient (Wildman–Crippen LogP) is 2.44. The second-order valence-electron chi connectivity index (χ2n) is 7.81. The third-order valence-corrected chi connectivity index (χ3v) is 6.98. The molecule has 0 aromatic heterocycles. The summed E-state index contributed by atoms with van der Waals surface area (Å²) in [5.41, 5.74) is 1.33. The number of amides is 1. The topological polar surface area (TPSA) is 94.2 Å². The number of morpholine rings is 1. The summed E-state index contributed by atoms with van der Waals surface area (Å²) in [5.74, 6) is 1.11. The van der Waals surface area contributed by atoms with Gasteiger partial charge in [0.2, 0.25) is 15.9 Å². The smallest absolute Gasteiger partial charge is 0.243 e. The second kappa shape index (κ2) is 8.86. The first-order chi connectivity index (χ1) is 14.8. The number of sulfonamides is 1. The quantitative estimate of drug-likeness (QED) is 0.758. The van der Waals surface area contributed by atoms with Crippen molar-refractivity contribution < 1.29 is 27.4 Å². The van der Waals surface area contributed by atoms with Crippen molar-refractivity contribution in [3.05, 3.63) is 48.0 Å². The molecule has 1 amide bonds. The first-order valence-electron chi connectivity index (χ1n) is 10.3. The maximum Gasteiger partial charge on any atom is 0.243 e. The minimum Gasteiger partial charge on any atom is -0.486 e. The molecule has 2 aromatic rings. The Morgan fingerprint density at radius 2 is 1.65 bits per heavy atom. The van der Waals surface area contributed by atoms with Gasteiger partial charge in [-0.2, -0.15) is 4.31 Å². The molecular weight excluding hydrogens is 420 g/mol. The van der Waals surface area contributed by atoms with Crippen LogP contribution in [0.3, 0.4) is 0 Å². The number of nitrogens with zero attached hydrogens (tertiary/aromatic N) is 1. The van der Waals surface area contributed by atoms with Gasteiger partial charge >= 0.3 is 0 Å². The van der Waals surface area contributed by atoms with E-state index in [-0.39, 0.29) is 29.4 Å². The Bertz CT molecular complexity index is 1040. The number of hydrogen-bond donors (Lipinski definition) is 1. The molecule has 0 spiro atoms. The maximum absolute atomic E-state index is 12.9. The van der Waals surface area contributed by atoms with Gasteiger partial charge in [-0.3, -0.25) is 4.79 Å². The van der Waals surface area contributed by atoms with E-state index in [2.05, 4.69) is 5.32 Å². The average molecular weight is 447 g/mol. The minimum atomic E-state index is -3.62. The van der Waals surface area contributed by atoms with Gasteiger partial charge in [0.15, 0.2) is 11.5 Å². The fraction of sp³-hybridized carbons (Fsp3) is 0.409. The van der Waals surface area contributed by atoms with Crippen LogP contribution in [0, 0.1) is 0 Å². The molecule has 0 aliphatic carbocycles. The molecule has 0 unspecified atom stereocenters. The lowest BCUT2D eigenvalue weighted by atomic mass is 10.1. The monoisotopic (exact) mass is 446 g/mol. The summed E-state index contributed by atoms with van der Waals surface area (Å²) in [5, 5.41) is 2.80. The van der Waals surface area contributed by atoms with Crippen molar-refractivity contribution >= 4 is 21.6 Å². The molecule has 8 nitrogen and oxygen atoms in total. The first-order valence-corrected chi connectivity index (χ1v) is 11.7. The summed E-state index contributed by atoms with van der Waals surface area (Å²) in [6.07, 6.45) is -0.143. The van der Waals surface area contributed by atoms with E-state index in [0.717, 1.165) is 5.56 Å². The summed E-state index contributed by atoms with van der Waals surface area (Å²) < 4.78 is 44.0. The molecule has 4 rings (SSSR count). The van der Waals surface area contributed by atoms with E-state index in [0.29, 0.717) is 43.5 Å². The lowest BCUT2D eigenvalue weighted by Crippen LogP contribution is -2.48. The summed E-state index contributed by atoms with van der Waals surface area (Å²) in [6, 6.07) is 11.6. The van der Waals surface area contributed by atoms with Crippen LogP contribution in [-0.4, -0.2) is 57.1 Å². The fourth-order valence-corrected chi connectivity index (χ4v) is 5.37. The van der Waals surface area contributed by atoms with Crippen LogP contribution in [0.5, 0.6) is 11.5 Å². The van der Waals surface area contributed by atoms with Crippen molar-refractivity contribution in [2.75, 3.05) is 31.6 Å². The van der Waals surface area contributed by atoms with Crippen LogP contribution in [-0.2, 0) is 26.0 Å². The van der Waals surface area contributed by atoms with E-state index in [1.807, 2.05) is 19.9 Å². The number of anilines is 1. The summed E-state index contributed by atoms with van der Waals surface area (Å²) >= 11 is 0. The lowest BCUT2D eigenvalue weighted by Gasteiger charge is -2.34. The number of fused-ring (bicyclic) bond motifs is 1. The molecule has 1 saturated heterocycles. The Hall–Kier alpha value is -2.62. The normalized spacial score (nSPS) is 21.5. The molecule has 1 fully saturated rings. The number of nitrogens with one attached hydrogen (secondary N) is 1. The van der Waals surface area contributed by atoms with Crippen molar-refractivity contribution in [2.45, 2.75) is 37.4 Å². The summed E-state index contributed by atoms with van der Waals surface area (Å²) in [6.45, 7) is 5.36. The van der Waals surface area contributed by atoms with Gasteiger partial charge in [0.25, 0.3) is 0 Å². The van der Waals surface area contributed by atoms with Gasteiger partial charge in [-0.1, -0.05) is 6.07 Å². The highest BCUT2D eigenvalue weighted by molar-refractivity contribution is 7.89. The van der Waals surface area contributed by atoms with Crippen molar-refractivity contribution in [3.8, 4) is 11.5 Å². The van der Waals surface area contributed by atoms with Crippen LogP contribution in [0.25, 0.3) is 0 Å². The largest absolute Gasteiger partial charge is 0.486 e. The highest BCUT2D eigenvalue weighted by atomic mass is 32.2. The van der Waals surface area contributed by atoms with Crippen LogP contribution in [0.4, 0.5) is 5.69 Å². The number of ether oxygens (including phenoxy) is 3. The third-order valence-electron chi connectivity index (χ3n) is 5.13. The van der Waals surface area contributed by atoms with Gasteiger partial charge in [-0.05, 0) is 55.8 Å². The van der Waals surface area contributed by atoms with Gasteiger partial charge in [0.1, 0.15) is 13.2 Å². The summed E-state index contributed by atoms with van der Waals surface area (Å²) in [4.78, 5) is 12.6. The number of carbonyl (C=O) groups is 1. The Balaban J connectivity index is 1.39. The van der Waals surface area contributed by atoms with Crippen molar-refractivity contribution in [1.29, 1.82) is 0 Å². The number of carbonyl (C=O) groups excluding carboxylic acids is 1. The highest BCUT2D eigenvalue weighted by Crippen LogP contribution is 2.31. The van der Waals surface area contributed by atoms with Crippen LogP contribution in [0.15, 0.2) is 47.4 Å². The zero-order valence-corrected chi connectivity index (χ0v) is 18.4. The van der Waals surface area contributed by atoms with Crippen molar-refractivity contribution in [2.24, 2.45) is 0 Å². The molecule has 166 valence electrons. The molecule has 1 N–H and O–H groups in total. The molecule has 2 aliphatic rings. The molecular formula is C22H26N2O6S. The number of benzene rings is 2. The Kier molecular flexibility index (Phi) is 6.17. The first kappa shape index (κ1) is 21.6. The molecule has 2 aromatic carbocycles. The van der Waals surface area contributed by atoms with Crippen LogP contribution >= 0.6 is 0 Å². The molecule has 0 radical (unpaired) electrons. The average Bonchev–Trinajstić information content (AvgIpc) is 2.73. The number of rotatable bonds is 5. The van der Waals surface area contributed by atoms with Gasteiger partial charge in [-0.15, -0.1) is 0 Å². The standard InChI is InChI=1S/C22H26N2O6S/c1-15-13-24(14-16(2)30-15)31(26,27)19-6-4-18(5-7-19)23-22(25)12-17-3-8-20-21(11-17)29-10-9-28-20/h3-8,11,15-16H,9-10,12-14H2,1-2H3,(H,23,25)/t15-,16-/m0/s1. The van der Waals surface area contributed by atoms with E-state index in [4.69, 9.17) is 14.2 Å². The van der Waals surface area contributed by atoms with E-state index in [1.165, 1.54) is 16.4 Å². The van der Waals surface area contributed by atoms with Gasteiger partial charge in [-0.25, -0.2) is 8.42 Å². The second-order valence-corrected chi connectivity index (χ2v) is 9.74. The van der Waals surface area contributed by atoms with Gasteiger partial charge in [0, 0.05) is 18.8 Å². The SMILES string of the molecule is C[C@H]1CN(S(=O)(=O)c2ccc(NC(=O)Cc3ccc4c(c3)OCCO4)cc2)C[C@H](C)O1. The van der Waals surface area contributed by atoms with Crippen LogP contribution in [0.2, 0.25) is 0 Å².